The van der Waals surface area contributed by atoms with Crippen LogP contribution in [-0.4, -0.2) is 55.8 Å². The predicted octanol–water partition coefficient (Wildman–Crippen LogP) is 3.48. The summed E-state index contributed by atoms with van der Waals surface area (Å²) >= 11 is 0. The van der Waals surface area contributed by atoms with E-state index in [0.717, 1.165) is 64.4 Å². The average molecular weight is 490 g/mol. The van der Waals surface area contributed by atoms with Gasteiger partial charge in [0.15, 0.2) is 5.96 Å². The zero-order valence-corrected chi connectivity index (χ0v) is 19.6. The lowest BCUT2D eigenvalue weighted by Gasteiger charge is -2.18. The van der Waals surface area contributed by atoms with Crippen LogP contribution in [0, 0.1) is 5.92 Å². The number of hydrogen-bond donors (Lipinski definition) is 3. The second-order valence-corrected chi connectivity index (χ2v) is 6.89. The fraction of sp³-hybridized carbons (Fsp3) is 0.667. The van der Waals surface area contributed by atoms with Crippen molar-refractivity contribution >= 4 is 29.9 Å². The molecule has 1 aromatic carbocycles. The zero-order chi connectivity index (χ0) is 19.0. The molecule has 0 aliphatic heterocycles. The lowest BCUT2D eigenvalue weighted by molar-refractivity contribution is 0.253. The van der Waals surface area contributed by atoms with E-state index >= 15 is 0 Å². The minimum Gasteiger partial charge on any atom is -0.396 e. The molecule has 5 nitrogen and oxygen atoms in total. The third-order valence-electron chi connectivity index (χ3n) is 4.39. The van der Waals surface area contributed by atoms with Crippen molar-refractivity contribution in [3.8, 4) is 0 Å². The average Bonchev–Trinajstić information content (AvgIpc) is 2.64. The first kappa shape index (κ1) is 26.1. The van der Waals surface area contributed by atoms with E-state index in [4.69, 9.17) is 4.99 Å². The number of aliphatic hydroxyl groups is 1. The number of rotatable bonds is 13. The maximum Gasteiger partial charge on any atom is 0.191 e. The molecule has 3 N–H and O–H groups in total. The molecule has 6 heteroatoms. The second-order valence-electron chi connectivity index (χ2n) is 6.89. The number of nitrogens with one attached hydrogen (secondary N) is 2. The van der Waals surface area contributed by atoms with Crippen molar-refractivity contribution in [3.05, 3.63) is 35.9 Å². The van der Waals surface area contributed by atoms with Gasteiger partial charge in [0, 0.05) is 32.8 Å². The highest BCUT2D eigenvalue weighted by atomic mass is 127. The van der Waals surface area contributed by atoms with Crippen molar-refractivity contribution in [2.75, 3.05) is 39.8 Å². The Morgan fingerprint density at radius 1 is 1.15 bits per heavy atom. The van der Waals surface area contributed by atoms with Gasteiger partial charge in [0.1, 0.15) is 0 Å². The molecular weight excluding hydrogens is 451 g/mol. The Hall–Kier alpha value is -0.860. The van der Waals surface area contributed by atoms with Crippen LogP contribution in [0.4, 0.5) is 0 Å². The highest BCUT2D eigenvalue weighted by molar-refractivity contribution is 14.0. The highest BCUT2D eigenvalue weighted by Gasteiger charge is 2.07. The molecule has 1 atom stereocenters. The normalized spacial score (nSPS) is 12.6. The number of benzene rings is 1. The lowest BCUT2D eigenvalue weighted by atomic mass is 10.0. The van der Waals surface area contributed by atoms with E-state index in [1.165, 1.54) is 5.56 Å². The van der Waals surface area contributed by atoms with Crippen LogP contribution in [0.25, 0.3) is 0 Å². The monoisotopic (exact) mass is 490 g/mol. The molecule has 1 rings (SSSR count). The summed E-state index contributed by atoms with van der Waals surface area (Å²) in [4.78, 5) is 7.05. The van der Waals surface area contributed by atoms with Gasteiger partial charge in [0.25, 0.3) is 0 Å². The summed E-state index contributed by atoms with van der Waals surface area (Å²) in [6.07, 6.45) is 4.16. The number of guanidine groups is 1. The quantitative estimate of drug-likeness (QED) is 0.172. The second kappa shape index (κ2) is 17.3. The topological polar surface area (TPSA) is 59.9 Å². The van der Waals surface area contributed by atoms with Gasteiger partial charge in [-0.15, -0.1) is 24.0 Å². The zero-order valence-electron chi connectivity index (χ0n) is 17.3. The largest absolute Gasteiger partial charge is 0.396 e. The fourth-order valence-electron chi connectivity index (χ4n) is 3.01. The summed E-state index contributed by atoms with van der Waals surface area (Å²) in [5, 5.41) is 15.9. The van der Waals surface area contributed by atoms with Gasteiger partial charge in [-0.25, -0.2) is 0 Å². The van der Waals surface area contributed by atoms with E-state index in [2.05, 4.69) is 66.8 Å². The van der Waals surface area contributed by atoms with Crippen LogP contribution in [-0.2, 0) is 6.54 Å². The van der Waals surface area contributed by atoms with Crippen molar-refractivity contribution in [3.63, 3.8) is 0 Å². The van der Waals surface area contributed by atoms with Crippen LogP contribution in [0.1, 0.15) is 45.1 Å². The van der Waals surface area contributed by atoms with E-state index in [0.29, 0.717) is 5.92 Å². The van der Waals surface area contributed by atoms with Gasteiger partial charge < -0.3 is 20.6 Å². The van der Waals surface area contributed by atoms with Crippen molar-refractivity contribution in [1.82, 2.24) is 15.5 Å². The smallest absolute Gasteiger partial charge is 0.191 e. The molecular formula is C21H39IN4O. The fourth-order valence-corrected chi connectivity index (χ4v) is 3.01. The molecule has 156 valence electrons. The molecule has 1 aromatic rings. The van der Waals surface area contributed by atoms with E-state index in [-0.39, 0.29) is 30.6 Å². The van der Waals surface area contributed by atoms with Gasteiger partial charge in [-0.05, 0) is 51.3 Å². The van der Waals surface area contributed by atoms with Crippen molar-refractivity contribution in [1.29, 1.82) is 0 Å². The first-order valence-corrected chi connectivity index (χ1v) is 10.0. The molecule has 0 heterocycles. The first-order valence-electron chi connectivity index (χ1n) is 10.0. The third kappa shape index (κ3) is 13.0. The van der Waals surface area contributed by atoms with E-state index in [1.54, 1.807) is 0 Å². The summed E-state index contributed by atoms with van der Waals surface area (Å²) in [6, 6.07) is 10.6. The molecule has 0 aliphatic rings. The van der Waals surface area contributed by atoms with Gasteiger partial charge in [-0.2, -0.15) is 0 Å². The summed E-state index contributed by atoms with van der Waals surface area (Å²) < 4.78 is 0. The van der Waals surface area contributed by atoms with Crippen molar-refractivity contribution < 1.29 is 5.11 Å². The van der Waals surface area contributed by atoms with Gasteiger partial charge in [0.2, 0.25) is 0 Å². The third-order valence-corrected chi connectivity index (χ3v) is 4.39. The number of nitrogens with zero attached hydrogens (tertiary/aromatic N) is 2. The lowest BCUT2D eigenvalue weighted by Crippen LogP contribution is -2.39. The van der Waals surface area contributed by atoms with Crippen LogP contribution in [0.15, 0.2) is 35.3 Å². The molecule has 27 heavy (non-hydrogen) atoms. The molecule has 0 radical (unpaired) electrons. The number of aliphatic hydroxyl groups excluding tert-OH is 1. The Morgan fingerprint density at radius 3 is 2.52 bits per heavy atom. The standard InChI is InChI=1S/C21H38N4O.HI/c1-4-10-19(13-16-26)17-24-21(22-5-2)23-14-9-15-25(3)18-20-11-7-6-8-12-20;/h6-8,11-12,19,26H,4-5,9-10,13-18H2,1-3H3,(H2,22,23,24);1H. The molecule has 0 aromatic heterocycles. The summed E-state index contributed by atoms with van der Waals surface area (Å²) in [7, 11) is 2.16. The molecule has 0 amide bonds. The summed E-state index contributed by atoms with van der Waals surface area (Å²) in [5.41, 5.74) is 1.35. The van der Waals surface area contributed by atoms with Gasteiger partial charge >= 0.3 is 0 Å². The Balaban J connectivity index is 0.00000676. The van der Waals surface area contributed by atoms with Crippen LogP contribution in [0.2, 0.25) is 0 Å². The highest BCUT2D eigenvalue weighted by Crippen LogP contribution is 2.11. The van der Waals surface area contributed by atoms with Gasteiger partial charge in [0.05, 0.1) is 0 Å². The first-order chi connectivity index (χ1) is 12.7. The Labute approximate surface area is 183 Å². The maximum absolute atomic E-state index is 9.18. The molecule has 0 fully saturated rings. The number of halogens is 1. The number of aliphatic imine (C=N–C) groups is 1. The molecule has 0 aliphatic carbocycles. The van der Waals surface area contributed by atoms with Crippen LogP contribution >= 0.6 is 24.0 Å². The van der Waals surface area contributed by atoms with E-state index < -0.39 is 0 Å². The number of hydrogen-bond acceptors (Lipinski definition) is 3. The molecule has 0 bridgehead atoms. The molecule has 0 spiro atoms. The SMILES string of the molecule is CCCC(CCO)CN=C(NCC)NCCCN(C)Cc1ccccc1.I. The predicted molar refractivity (Wildman–Crippen MR) is 127 cm³/mol. The van der Waals surface area contributed by atoms with E-state index in [1.807, 2.05) is 0 Å². The van der Waals surface area contributed by atoms with Crippen LogP contribution in [0.3, 0.4) is 0 Å². The van der Waals surface area contributed by atoms with Crippen LogP contribution in [0.5, 0.6) is 0 Å². The summed E-state index contributed by atoms with van der Waals surface area (Å²) in [5.74, 6) is 1.36. The Kier molecular flexibility index (Phi) is 16.7. The molecule has 0 saturated heterocycles. The maximum atomic E-state index is 9.18. The molecule has 0 saturated carbocycles. The van der Waals surface area contributed by atoms with Gasteiger partial charge in [-0.1, -0.05) is 43.7 Å². The molecule has 1 unspecified atom stereocenters. The van der Waals surface area contributed by atoms with Gasteiger partial charge in [-0.3, -0.25) is 4.99 Å². The van der Waals surface area contributed by atoms with Crippen molar-refractivity contribution in [2.24, 2.45) is 10.9 Å². The minimum atomic E-state index is 0. The van der Waals surface area contributed by atoms with E-state index in [9.17, 15) is 5.11 Å². The van der Waals surface area contributed by atoms with Crippen LogP contribution < -0.4 is 10.6 Å². The van der Waals surface area contributed by atoms with Crippen molar-refractivity contribution in [2.45, 2.75) is 46.1 Å². The Morgan fingerprint density at radius 2 is 1.89 bits per heavy atom. The summed E-state index contributed by atoms with van der Waals surface area (Å²) in [6.45, 7) is 9.09. The minimum absolute atomic E-state index is 0. The Bertz CT molecular complexity index is 478.